The van der Waals surface area contributed by atoms with E-state index in [0.29, 0.717) is 17.6 Å². The fourth-order valence-corrected chi connectivity index (χ4v) is 3.84. The monoisotopic (exact) mass is 418 g/mol. The number of hydrogen-bond acceptors (Lipinski definition) is 6. The van der Waals surface area contributed by atoms with Gasteiger partial charge in [-0.15, -0.1) is 0 Å². The first-order valence-corrected chi connectivity index (χ1v) is 10.6. The number of esters is 1. The van der Waals surface area contributed by atoms with E-state index < -0.39 is 21.7 Å². The smallest absolute Gasteiger partial charge is 0.420 e. The molecule has 0 fully saturated rings. The van der Waals surface area contributed by atoms with Crippen molar-refractivity contribution in [1.29, 1.82) is 0 Å². The number of carbonyl (C=O) groups excluding carboxylic acids is 1. The van der Waals surface area contributed by atoms with Gasteiger partial charge in [0, 0.05) is 11.8 Å². The zero-order valence-electron chi connectivity index (χ0n) is 16.4. The highest BCUT2D eigenvalue weighted by Crippen LogP contribution is 2.22. The number of aryl methyl sites for hydroxylation is 2. The topological polar surface area (TPSA) is 108 Å². The Bertz CT molecular complexity index is 1220. The van der Waals surface area contributed by atoms with Crippen LogP contribution in [-0.2, 0) is 26.1 Å². The first kappa shape index (κ1) is 20.7. The number of carbonyl (C=O) groups is 1. The van der Waals surface area contributed by atoms with Crippen molar-refractivity contribution >= 4 is 32.8 Å². The number of nitrogens with one attached hydrogen (secondary N) is 1. The molecular weight excluding hydrogens is 396 g/mol. The van der Waals surface area contributed by atoms with E-state index in [1.807, 2.05) is 26.8 Å². The van der Waals surface area contributed by atoms with Crippen LogP contribution >= 0.6 is 0 Å². The molecule has 0 bridgehead atoms. The van der Waals surface area contributed by atoms with Crippen molar-refractivity contribution in [2.45, 2.75) is 38.6 Å². The zero-order valence-corrected chi connectivity index (χ0v) is 17.2. The molecule has 0 atom stereocenters. The van der Waals surface area contributed by atoms with Gasteiger partial charge in [-0.25, -0.2) is 13.2 Å². The molecular formula is C20H22N2O6S. The molecule has 3 aromatic rings. The Kier molecular flexibility index (Phi) is 5.78. The summed E-state index contributed by atoms with van der Waals surface area (Å²) >= 11 is 0. The molecule has 0 spiro atoms. The molecule has 0 aliphatic rings. The predicted octanol–water partition coefficient (Wildman–Crippen LogP) is 2.97. The van der Waals surface area contributed by atoms with Gasteiger partial charge in [0.15, 0.2) is 5.58 Å². The Balaban J connectivity index is 1.90. The number of benzene rings is 2. The van der Waals surface area contributed by atoms with Crippen molar-refractivity contribution in [1.82, 2.24) is 4.57 Å². The summed E-state index contributed by atoms with van der Waals surface area (Å²) < 4.78 is 39.2. The lowest BCUT2D eigenvalue weighted by Gasteiger charge is -2.10. The number of ether oxygens (including phenoxy) is 1. The van der Waals surface area contributed by atoms with Gasteiger partial charge in [0.2, 0.25) is 0 Å². The molecule has 9 heteroatoms. The van der Waals surface area contributed by atoms with Crippen LogP contribution in [0.2, 0.25) is 0 Å². The number of anilines is 1. The molecule has 0 aliphatic carbocycles. The molecule has 1 N–H and O–H groups in total. The minimum Gasteiger partial charge on any atom is -0.464 e. The maximum Gasteiger partial charge on any atom is 0.420 e. The number of rotatable bonds is 7. The second kappa shape index (κ2) is 8.12. The quantitative estimate of drug-likeness (QED) is 0.591. The SMILES string of the molecule is CCCOC(=O)Cn1c(=O)oc2cc(S(=O)(=O)Nc3ccc(C)c(C)c3)ccc21. The van der Waals surface area contributed by atoms with E-state index in [1.54, 1.807) is 12.1 Å². The maximum atomic E-state index is 12.7. The number of fused-ring (bicyclic) bond motifs is 1. The molecule has 1 heterocycles. The van der Waals surface area contributed by atoms with Crippen LogP contribution in [0.3, 0.4) is 0 Å². The fourth-order valence-electron chi connectivity index (χ4n) is 2.77. The van der Waals surface area contributed by atoms with Crippen LogP contribution in [-0.4, -0.2) is 25.6 Å². The van der Waals surface area contributed by atoms with Crippen LogP contribution in [0, 0.1) is 13.8 Å². The standard InChI is InChI=1S/C20H22N2O6S/c1-4-9-27-19(23)12-22-17-8-7-16(11-18(17)28-20(22)24)29(25,26)21-15-6-5-13(2)14(3)10-15/h5-8,10-11,21H,4,9,12H2,1-3H3. The summed E-state index contributed by atoms with van der Waals surface area (Å²) in [6.07, 6.45) is 0.668. The van der Waals surface area contributed by atoms with Crippen LogP contribution < -0.4 is 10.5 Å². The number of sulfonamides is 1. The number of oxazole rings is 1. The highest BCUT2D eigenvalue weighted by molar-refractivity contribution is 7.92. The zero-order chi connectivity index (χ0) is 21.2. The molecule has 0 saturated heterocycles. The van der Waals surface area contributed by atoms with Gasteiger partial charge in [-0.05, 0) is 55.7 Å². The highest BCUT2D eigenvalue weighted by Gasteiger charge is 2.19. The normalized spacial score (nSPS) is 11.6. The molecule has 8 nitrogen and oxygen atoms in total. The summed E-state index contributed by atoms with van der Waals surface area (Å²) in [4.78, 5) is 23.9. The van der Waals surface area contributed by atoms with Crippen molar-refractivity contribution in [2.24, 2.45) is 0 Å². The first-order valence-electron chi connectivity index (χ1n) is 9.10. The molecule has 1 aromatic heterocycles. The lowest BCUT2D eigenvalue weighted by Crippen LogP contribution is -2.21. The van der Waals surface area contributed by atoms with Crippen LogP contribution in [0.4, 0.5) is 5.69 Å². The summed E-state index contributed by atoms with van der Waals surface area (Å²) in [5.74, 6) is -1.32. The van der Waals surface area contributed by atoms with Gasteiger partial charge >= 0.3 is 11.7 Å². The highest BCUT2D eigenvalue weighted by atomic mass is 32.2. The van der Waals surface area contributed by atoms with Gasteiger partial charge in [0.25, 0.3) is 10.0 Å². The minimum atomic E-state index is -3.89. The molecule has 0 saturated carbocycles. The predicted molar refractivity (Wildman–Crippen MR) is 108 cm³/mol. The second-order valence-electron chi connectivity index (χ2n) is 6.71. The largest absolute Gasteiger partial charge is 0.464 e. The van der Waals surface area contributed by atoms with Crippen LogP contribution in [0.15, 0.2) is 50.5 Å². The van der Waals surface area contributed by atoms with E-state index in [4.69, 9.17) is 9.15 Å². The van der Waals surface area contributed by atoms with Crippen molar-refractivity contribution < 1.29 is 22.4 Å². The van der Waals surface area contributed by atoms with Gasteiger partial charge in [-0.3, -0.25) is 14.1 Å². The van der Waals surface area contributed by atoms with Gasteiger partial charge in [-0.2, -0.15) is 0 Å². The Hall–Kier alpha value is -3.07. The third kappa shape index (κ3) is 4.51. The average molecular weight is 418 g/mol. The molecule has 0 unspecified atom stereocenters. The summed E-state index contributed by atoms with van der Waals surface area (Å²) in [6.45, 7) is 5.64. The molecule has 0 radical (unpaired) electrons. The fraction of sp³-hybridized carbons (Fsp3) is 0.300. The van der Waals surface area contributed by atoms with E-state index in [2.05, 4.69) is 4.72 Å². The van der Waals surface area contributed by atoms with E-state index >= 15 is 0 Å². The molecule has 0 aliphatic heterocycles. The summed E-state index contributed by atoms with van der Waals surface area (Å²) in [5, 5.41) is 0. The van der Waals surface area contributed by atoms with Gasteiger partial charge in [0.1, 0.15) is 6.54 Å². The molecule has 2 aromatic carbocycles. The van der Waals surface area contributed by atoms with Gasteiger partial charge < -0.3 is 9.15 Å². The summed E-state index contributed by atoms with van der Waals surface area (Å²) in [6, 6.07) is 9.29. The molecule has 3 rings (SSSR count). The first-order chi connectivity index (χ1) is 13.7. The van der Waals surface area contributed by atoms with Crippen molar-refractivity contribution in [3.8, 4) is 0 Å². The third-order valence-electron chi connectivity index (χ3n) is 4.46. The van der Waals surface area contributed by atoms with Crippen LogP contribution in [0.1, 0.15) is 24.5 Å². The lowest BCUT2D eigenvalue weighted by molar-refractivity contribution is -0.144. The van der Waals surface area contributed by atoms with E-state index in [0.717, 1.165) is 15.7 Å². The Morgan fingerprint density at radius 1 is 1.14 bits per heavy atom. The van der Waals surface area contributed by atoms with Crippen molar-refractivity contribution in [3.05, 3.63) is 58.1 Å². The second-order valence-corrected chi connectivity index (χ2v) is 8.39. The summed E-state index contributed by atoms with van der Waals surface area (Å²) in [7, 11) is -3.89. The van der Waals surface area contributed by atoms with Crippen LogP contribution in [0.5, 0.6) is 0 Å². The number of hydrogen-bond donors (Lipinski definition) is 1. The van der Waals surface area contributed by atoms with Gasteiger partial charge in [-0.1, -0.05) is 13.0 Å². The van der Waals surface area contributed by atoms with Crippen molar-refractivity contribution in [3.63, 3.8) is 0 Å². The van der Waals surface area contributed by atoms with Crippen LogP contribution in [0.25, 0.3) is 11.1 Å². The number of aromatic nitrogens is 1. The van der Waals surface area contributed by atoms with Gasteiger partial charge in [0.05, 0.1) is 17.0 Å². The molecule has 29 heavy (non-hydrogen) atoms. The maximum absolute atomic E-state index is 12.7. The number of nitrogens with zero attached hydrogens (tertiary/aromatic N) is 1. The molecule has 0 amide bonds. The summed E-state index contributed by atoms with van der Waals surface area (Å²) in [5.41, 5.74) is 2.83. The molecule has 154 valence electrons. The Morgan fingerprint density at radius 3 is 2.59 bits per heavy atom. The minimum absolute atomic E-state index is 0.0577. The van der Waals surface area contributed by atoms with E-state index in [9.17, 15) is 18.0 Å². The Labute approximate surface area is 168 Å². The Morgan fingerprint density at radius 2 is 1.90 bits per heavy atom. The average Bonchev–Trinajstić information content (AvgIpc) is 2.97. The third-order valence-corrected chi connectivity index (χ3v) is 5.84. The van der Waals surface area contributed by atoms with E-state index in [1.165, 1.54) is 18.2 Å². The van der Waals surface area contributed by atoms with E-state index in [-0.39, 0.29) is 23.6 Å². The lowest BCUT2D eigenvalue weighted by atomic mass is 10.1. The van der Waals surface area contributed by atoms with Crippen molar-refractivity contribution in [2.75, 3.05) is 11.3 Å².